The first-order valence-corrected chi connectivity index (χ1v) is 3.23. The van der Waals surface area contributed by atoms with Crippen molar-refractivity contribution in [2.45, 2.75) is 0 Å². The van der Waals surface area contributed by atoms with Crippen LogP contribution in [0.5, 0.6) is 0 Å². The van der Waals surface area contributed by atoms with Gasteiger partial charge in [-0.3, -0.25) is 0 Å². The summed E-state index contributed by atoms with van der Waals surface area (Å²) in [4.78, 5) is 14.0. The topological polar surface area (TPSA) is 78.3 Å². The molecule has 0 saturated heterocycles. The summed E-state index contributed by atoms with van der Waals surface area (Å²) in [7, 11) is 0. The molecule has 0 aliphatic rings. The second-order valence-electron chi connectivity index (χ2n) is 1.94. The molecule has 5 nitrogen and oxygen atoms in total. The van der Waals surface area contributed by atoms with Crippen molar-refractivity contribution in [2.75, 3.05) is 0 Å². The summed E-state index contributed by atoms with van der Waals surface area (Å²) >= 11 is 5.48. The van der Waals surface area contributed by atoms with E-state index in [2.05, 4.69) is 19.9 Å². The van der Waals surface area contributed by atoms with Crippen LogP contribution in [-0.4, -0.2) is 19.9 Å². The number of hydrogen-bond donors (Lipinski definition) is 1. The summed E-state index contributed by atoms with van der Waals surface area (Å²) in [5.41, 5.74) is 8.25. The van der Waals surface area contributed by atoms with E-state index in [4.69, 9.17) is 17.3 Å². The van der Waals surface area contributed by atoms with Gasteiger partial charge in [-0.1, -0.05) is 11.6 Å². The van der Waals surface area contributed by atoms with E-state index < -0.39 is 0 Å². The van der Waals surface area contributed by atoms with Gasteiger partial charge in [-0.05, 0) is 5.82 Å². The fourth-order valence-electron chi connectivity index (χ4n) is 0.807. The van der Waals surface area contributed by atoms with Crippen molar-refractivity contribution in [2.24, 2.45) is 0 Å². The molecule has 0 spiro atoms. The standard InChI is InChI=1S/C5H3ClN5.W/c6-5-10-3(7)2-4(11-5)9-1-8-2;/h1H,(H2-,7,8,9,10,11);/q-1;. The van der Waals surface area contributed by atoms with Crippen LogP contribution < -0.4 is 0 Å². The van der Waals surface area contributed by atoms with Crippen LogP contribution >= 0.6 is 11.6 Å². The molecule has 12 heavy (non-hydrogen) atoms. The van der Waals surface area contributed by atoms with Gasteiger partial charge in [0.2, 0.25) is 0 Å². The Balaban J connectivity index is 0.000000720. The minimum atomic E-state index is 0. The molecule has 62 valence electrons. The van der Waals surface area contributed by atoms with Crippen LogP contribution in [0.15, 0.2) is 6.33 Å². The van der Waals surface area contributed by atoms with Crippen LogP contribution in [0, 0.1) is 0 Å². The molecule has 0 unspecified atom stereocenters. The number of imidazole rings is 1. The second-order valence-corrected chi connectivity index (χ2v) is 2.28. The number of fused-ring (bicyclic) bond motifs is 1. The number of aromatic nitrogens is 4. The minimum absolute atomic E-state index is 0. The summed E-state index contributed by atoms with van der Waals surface area (Å²) in [5.74, 6) is 0.0671. The quantitative estimate of drug-likeness (QED) is 0.733. The van der Waals surface area contributed by atoms with E-state index in [9.17, 15) is 0 Å². The summed E-state index contributed by atoms with van der Waals surface area (Å²) in [6.45, 7) is 0. The van der Waals surface area contributed by atoms with Gasteiger partial charge in [0.1, 0.15) is 5.28 Å². The number of hydrogen-bond acceptors (Lipinski definition) is 3. The van der Waals surface area contributed by atoms with Gasteiger partial charge < -0.3 is 15.7 Å². The van der Waals surface area contributed by atoms with Crippen molar-refractivity contribution in [3.8, 4) is 0 Å². The number of rotatable bonds is 0. The van der Waals surface area contributed by atoms with Crippen molar-refractivity contribution >= 4 is 28.6 Å². The van der Waals surface area contributed by atoms with Gasteiger partial charge in [0.25, 0.3) is 0 Å². The van der Waals surface area contributed by atoms with Crippen molar-refractivity contribution in [3.63, 3.8) is 0 Å². The van der Waals surface area contributed by atoms with Gasteiger partial charge in [0, 0.05) is 21.1 Å². The first-order valence-electron chi connectivity index (χ1n) is 2.85. The van der Waals surface area contributed by atoms with E-state index in [0.29, 0.717) is 11.2 Å². The summed E-state index contributed by atoms with van der Waals surface area (Å²) in [6.07, 6.45) is 1.45. The van der Waals surface area contributed by atoms with Crippen LogP contribution in [0.25, 0.3) is 16.9 Å². The molecule has 0 amide bonds. The number of H-pyrrole nitrogens is 1. The normalized spacial score (nSPS) is 9.75. The van der Waals surface area contributed by atoms with E-state index in [0.717, 1.165) is 0 Å². The molecule has 0 aromatic carbocycles. The number of aromatic amines is 1. The third-order valence-corrected chi connectivity index (χ3v) is 1.43. The van der Waals surface area contributed by atoms with Gasteiger partial charge in [-0.25, -0.2) is 9.97 Å². The SMILES string of the molecule is [NH-]c1nc(Cl)nc2nc[nH]c12.[W]. The van der Waals surface area contributed by atoms with E-state index in [1.165, 1.54) is 6.33 Å². The zero-order valence-electron chi connectivity index (χ0n) is 5.71. The van der Waals surface area contributed by atoms with E-state index in [1.807, 2.05) is 0 Å². The zero-order valence-corrected chi connectivity index (χ0v) is 9.39. The maximum absolute atomic E-state index is 7.31. The van der Waals surface area contributed by atoms with Gasteiger partial charge in [0.15, 0.2) is 5.65 Å². The van der Waals surface area contributed by atoms with Crippen molar-refractivity contribution in [1.29, 1.82) is 0 Å². The van der Waals surface area contributed by atoms with E-state index in [1.54, 1.807) is 0 Å². The zero-order chi connectivity index (χ0) is 7.84. The first-order chi connectivity index (χ1) is 5.27. The monoisotopic (exact) mass is 352 g/mol. The molecule has 0 bridgehead atoms. The molecule has 2 heterocycles. The molecule has 2 aromatic heterocycles. The molecule has 7 heteroatoms. The molecule has 2 rings (SSSR count). The number of nitrogens with zero attached hydrogens (tertiary/aromatic N) is 3. The number of halogens is 1. The maximum Gasteiger partial charge on any atom is 0.178 e. The molecular formula is C5H3ClN5W-. The average Bonchev–Trinajstić information content (AvgIpc) is 2.34. The Morgan fingerprint density at radius 3 is 2.92 bits per heavy atom. The molecule has 2 N–H and O–H groups in total. The van der Waals surface area contributed by atoms with E-state index >= 15 is 0 Å². The fraction of sp³-hybridized carbons (Fsp3) is 0. The molecule has 2 aromatic rings. The van der Waals surface area contributed by atoms with E-state index in [-0.39, 0.29) is 32.2 Å². The van der Waals surface area contributed by atoms with Crippen LogP contribution in [0.2, 0.25) is 5.28 Å². The second kappa shape index (κ2) is 3.37. The van der Waals surface area contributed by atoms with Gasteiger partial charge in [-0.15, -0.1) is 0 Å². The van der Waals surface area contributed by atoms with Crippen molar-refractivity contribution < 1.29 is 21.1 Å². The molecule has 0 aliphatic carbocycles. The summed E-state index contributed by atoms with van der Waals surface area (Å²) < 4.78 is 0. The summed E-state index contributed by atoms with van der Waals surface area (Å²) in [5, 5.41) is 0.0506. The number of nitrogens with one attached hydrogen (secondary N) is 2. The fourth-order valence-corrected chi connectivity index (χ4v) is 0.971. The minimum Gasteiger partial charge on any atom is -0.480 e. The molecule has 0 saturated carbocycles. The third kappa shape index (κ3) is 1.42. The smallest absolute Gasteiger partial charge is 0.178 e. The Bertz CT molecular complexity index is 400. The first kappa shape index (κ1) is 9.42. The largest absolute Gasteiger partial charge is 0.480 e. The average molecular weight is 352 g/mol. The predicted octanol–water partition coefficient (Wildman–Crippen LogP) is 1.69. The Morgan fingerprint density at radius 2 is 2.17 bits per heavy atom. The molecule has 0 fully saturated rings. The Labute approximate surface area is 87.0 Å². The Kier molecular flexibility index (Phi) is 2.65. The Hall–Kier alpha value is -0.672. The van der Waals surface area contributed by atoms with Crippen LogP contribution in [0.1, 0.15) is 0 Å². The van der Waals surface area contributed by atoms with Gasteiger partial charge in [0.05, 0.1) is 11.8 Å². The predicted molar refractivity (Wildman–Crippen MR) is 40.7 cm³/mol. The molecule has 0 radical (unpaired) electrons. The third-order valence-electron chi connectivity index (χ3n) is 1.26. The molecular weight excluding hydrogens is 349 g/mol. The van der Waals surface area contributed by atoms with Crippen LogP contribution in [0.3, 0.4) is 0 Å². The van der Waals surface area contributed by atoms with Crippen molar-refractivity contribution in [3.05, 3.63) is 17.3 Å². The molecule has 0 aliphatic heterocycles. The van der Waals surface area contributed by atoms with Crippen LogP contribution in [-0.2, 0) is 21.1 Å². The summed E-state index contributed by atoms with van der Waals surface area (Å²) in [6, 6.07) is 0. The van der Waals surface area contributed by atoms with Crippen molar-refractivity contribution in [1.82, 2.24) is 19.9 Å². The van der Waals surface area contributed by atoms with Gasteiger partial charge >= 0.3 is 0 Å². The molecule has 0 atom stereocenters. The van der Waals surface area contributed by atoms with Gasteiger partial charge in [-0.2, -0.15) is 0 Å². The maximum atomic E-state index is 7.31. The van der Waals surface area contributed by atoms with Crippen LogP contribution in [0.4, 0.5) is 5.82 Å². The Morgan fingerprint density at radius 1 is 1.42 bits per heavy atom.